The Morgan fingerprint density at radius 2 is 1.92 bits per heavy atom. The van der Waals surface area contributed by atoms with Gasteiger partial charge in [-0.3, -0.25) is 4.79 Å². The normalized spacial score (nSPS) is 10.9. The van der Waals surface area contributed by atoms with Gasteiger partial charge in [0.25, 0.3) is 5.91 Å². The molecule has 122 valence electrons. The van der Waals surface area contributed by atoms with Gasteiger partial charge in [-0.05, 0) is 49.2 Å². The van der Waals surface area contributed by atoms with E-state index in [4.69, 9.17) is 23.2 Å². The summed E-state index contributed by atoms with van der Waals surface area (Å²) in [5.41, 5.74) is 3.17. The molecule has 0 radical (unpaired) electrons. The molecule has 0 bridgehead atoms. The molecule has 2 rings (SSSR count). The smallest absolute Gasteiger partial charge is 0.267 e. The fourth-order valence-electron chi connectivity index (χ4n) is 1.98. The van der Waals surface area contributed by atoms with Gasteiger partial charge in [0.2, 0.25) is 0 Å². The highest BCUT2D eigenvalue weighted by Crippen LogP contribution is 2.25. The molecule has 0 aliphatic heterocycles. The van der Waals surface area contributed by atoms with Crippen molar-refractivity contribution < 1.29 is 4.79 Å². The third kappa shape index (κ3) is 4.29. The Kier molecular flexibility index (Phi) is 5.86. The van der Waals surface area contributed by atoms with Gasteiger partial charge < -0.3 is 10.6 Å². The first-order valence-electron chi connectivity index (χ1n) is 7.12. The van der Waals surface area contributed by atoms with E-state index in [0.29, 0.717) is 21.4 Å². The van der Waals surface area contributed by atoms with Crippen molar-refractivity contribution in [3.05, 3.63) is 69.3 Å². The molecule has 0 aliphatic carbocycles. The number of carbonyl (C=O) groups excluding carboxylic acids is 1. The number of carbonyl (C=O) groups is 1. The zero-order valence-corrected chi connectivity index (χ0v) is 14.7. The van der Waals surface area contributed by atoms with Gasteiger partial charge in [0.1, 0.15) is 11.6 Å². The van der Waals surface area contributed by atoms with Gasteiger partial charge in [-0.2, -0.15) is 5.26 Å². The van der Waals surface area contributed by atoms with Crippen LogP contribution in [-0.2, 0) is 4.79 Å². The summed E-state index contributed by atoms with van der Waals surface area (Å²) in [6.45, 7) is 3.86. The van der Waals surface area contributed by atoms with Gasteiger partial charge >= 0.3 is 0 Å². The number of halogens is 2. The number of amides is 1. The minimum Gasteiger partial charge on any atom is -0.359 e. The Morgan fingerprint density at radius 1 is 1.17 bits per heavy atom. The van der Waals surface area contributed by atoms with Crippen LogP contribution in [-0.4, -0.2) is 5.91 Å². The van der Waals surface area contributed by atoms with Crippen LogP contribution in [0.4, 0.5) is 11.4 Å². The highest BCUT2D eigenvalue weighted by atomic mass is 35.5. The lowest BCUT2D eigenvalue weighted by molar-refractivity contribution is -0.112. The summed E-state index contributed by atoms with van der Waals surface area (Å²) in [5, 5.41) is 15.7. The number of aryl methyl sites for hydroxylation is 1. The monoisotopic (exact) mass is 359 g/mol. The van der Waals surface area contributed by atoms with Crippen LogP contribution in [0.25, 0.3) is 0 Å². The highest BCUT2D eigenvalue weighted by molar-refractivity contribution is 6.36. The number of anilines is 2. The maximum atomic E-state index is 12.3. The van der Waals surface area contributed by atoms with Gasteiger partial charge in [-0.15, -0.1) is 0 Å². The fourth-order valence-corrected chi connectivity index (χ4v) is 2.44. The number of rotatable bonds is 4. The predicted octanol–water partition coefficient (Wildman–Crippen LogP) is 5.07. The van der Waals surface area contributed by atoms with Crippen LogP contribution in [0.2, 0.25) is 10.0 Å². The average molecular weight is 360 g/mol. The molecule has 2 aromatic rings. The Hall–Kier alpha value is -2.48. The van der Waals surface area contributed by atoms with E-state index < -0.39 is 5.91 Å². The number of hydrogen-bond acceptors (Lipinski definition) is 3. The Bertz CT molecular complexity index is 854. The summed E-state index contributed by atoms with van der Waals surface area (Å²) in [4.78, 5) is 12.3. The second kappa shape index (κ2) is 7.87. The van der Waals surface area contributed by atoms with E-state index in [2.05, 4.69) is 10.6 Å². The molecule has 0 saturated carbocycles. The first-order valence-corrected chi connectivity index (χ1v) is 7.87. The summed E-state index contributed by atoms with van der Waals surface area (Å²) in [5.74, 6) is -0.496. The molecule has 0 unspecified atom stereocenters. The molecule has 1 amide bonds. The average Bonchev–Trinajstić information content (AvgIpc) is 2.54. The zero-order chi connectivity index (χ0) is 17.7. The number of nitrogens with one attached hydrogen (secondary N) is 2. The summed E-state index contributed by atoms with van der Waals surface area (Å²) in [7, 11) is 0. The van der Waals surface area contributed by atoms with E-state index in [-0.39, 0.29) is 5.57 Å². The lowest BCUT2D eigenvalue weighted by atomic mass is 10.1. The largest absolute Gasteiger partial charge is 0.359 e. The van der Waals surface area contributed by atoms with Crippen LogP contribution in [0.5, 0.6) is 0 Å². The van der Waals surface area contributed by atoms with Gasteiger partial charge in [0, 0.05) is 16.9 Å². The highest BCUT2D eigenvalue weighted by Gasteiger charge is 2.11. The predicted molar refractivity (Wildman–Crippen MR) is 98.3 cm³/mol. The fraction of sp³-hybridized carbons (Fsp3) is 0.111. The summed E-state index contributed by atoms with van der Waals surface area (Å²) < 4.78 is 0. The van der Waals surface area contributed by atoms with E-state index in [1.807, 2.05) is 32.0 Å². The molecule has 0 fully saturated rings. The van der Waals surface area contributed by atoms with Gasteiger partial charge in [0.05, 0.1) is 10.7 Å². The van der Waals surface area contributed by atoms with Crippen molar-refractivity contribution in [3.63, 3.8) is 0 Å². The van der Waals surface area contributed by atoms with Crippen molar-refractivity contribution in [3.8, 4) is 6.07 Å². The first kappa shape index (κ1) is 17.9. The van der Waals surface area contributed by atoms with Crippen molar-refractivity contribution in [1.29, 1.82) is 5.26 Å². The molecule has 0 aliphatic rings. The maximum absolute atomic E-state index is 12.3. The van der Waals surface area contributed by atoms with Gasteiger partial charge in [-0.25, -0.2) is 0 Å². The maximum Gasteiger partial charge on any atom is 0.267 e. The van der Waals surface area contributed by atoms with Gasteiger partial charge in [0.15, 0.2) is 0 Å². The second-order valence-electron chi connectivity index (χ2n) is 5.14. The third-order valence-corrected chi connectivity index (χ3v) is 4.07. The van der Waals surface area contributed by atoms with Crippen LogP contribution in [0.15, 0.2) is 48.2 Å². The third-order valence-electron chi connectivity index (χ3n) is 3.52. The van der Waals surface area contributed by atoms with Crippen LogP contribution >= 0.6 is 23.2 Å². The topological polar surface area (TPSA) is 64.9 Å². The SMILES string of the molecule is Cc1cccc(NC(=O)/C(C#N)=C\Nc2ccc(Cl)cc2Cl)c1C. The second-order valence-corrected chi connectivity index (χ2v) is 5.98. The molecule has 0 saturated heterocycles. The molecule has 2 N–H and O–H groups in total. The van der Waals surface area contributed by atoms with Crippen LogP contribution in [0.1, 0.15) is 11.1 Å². The number of hydrogen-bond donors (Lipinski definition) is 2. The summed E-state index contributed by atoms with van der Waals surface area (Å²) >= 11 is 11.9. The van der Waals surface area contributed by atoms with Crippen molar-refractivity contribution in [2.75, 3.05) is 10.6 Å². The Labute approximate surface area is 150 Å². The summed E-state index contributed by atoms with van der Waals surface area (Å²) in [6, 6.07) is 12.4. The van der Waals surface area contributed by atoms with E-state index >= 15 is 0 Å². The number of nitrogens with zero attached hydrogens (tertiary/aromatic N) is 1. The molecule has 0 heterocycles. The molecule has 0 spiro atoms. The molecule has 4 nitrogen and oxygen atoms in total. The molecule has 2 aromatic carbocycles. The molecular formula is C18H15Cl2N3O. The molecule has 0 aromatic heterocycles. The van der Waals surface area contributed by atoms with Crippen LogP contribution in [0.3, 0.4) is 0 Å². The Balaban J connectivity index is 2.17. The molecule has 0 atom stereocenters. The lowest BCUT2D eigenvalue weighted by Gasteiger charge is -2.10. The van der Waals surface area contributed by atoms with Crippen LogP contribution < -0.4 is 10.6 Å². The van der Waals surface area contributed by atoms with E-state index in [0.717, 1.165) is 11.1 Å². The lowest BCUT2D eigenvalue weighted by Crippen LogP contribution is -2.15. The standard InChI is InChI=1S/C18H15Cl2N3O/c1-11-4-3-5-16(12(11)2)23-18(24)13(9-21)10-22-17-7-6-14(19)8-15(17)20/h3-8,10,22H,1-2H3,(H,23,24)/b13-10-. The van der Waals surface area contributed by atoms with Crippen molar-refractivity contribution in [1.82, 2.24) is 0 Å². The minimum atomic E-state index is -0.496. The number of benzene rings is 2. The quantitative estimate of drug-likeness (QED) is 0.591. The minimum absolute atomic E-state index is 0.0677. The van der Waals surface area contributed by atoms with Crippen molar-refractivity contribution in [2.45, 2.75) is 13.8 Å². The molecule has 6 heteroatoms. The summed E-state index contributed by atoms with van der Waals surface area (Å²) in [6.07, 6.45) is 1.32. The van der Waals surface area contributed by atoms with Crippen LogP contribution in [0, 0.1) is 25.2 Å². The van der Waals surface area contributed by atoms with E-state index in [1.54, 1.807) is 24.3 Å². The first-order chi connectivity index (χ1) is 11.4. The molecule has 24 heavy (non-hydrogen) atoms. The van der Waals surface area contributed by atoms with Crippen molar-refractivity contribution >= 4 is 40.5 Å². The van der Waals surface area contributed by atoms with E-state index in [9.17, 15) is 10.1 Å². The van der Waals surface area contributed by atoms with E-state index in [1.165, 1.54) is 6.20 Å². The van der Waals surface area contributed by atoms with Gasteiger partial charge in [-0.1, -0.05) is 35.3 Å². The molecular weight excluding hydrogens is 345 g/mol. The zero-order valence-electron chi connectivity index (χ0n) is 13.2. The van der Waals surface area contributed by atoms with Crippen molar-refractivity contribution in [2.24, 2.45) is 0 Å². The Morgan fingerprint density at radius 3 is 2.58 bits per heavy atom. The number of nitriles is 1.